The van der Waals surface area contributed by atoms with Crippen molar-refractivity contribution >= 4 is 29.2 Å². The van der Waals surface area contributed by atoms with Gasteiger partial charge in [-0.2, -0.15) is 0 Å². The Hall–Kier alpha value is -1.55. The summed E-state index contributed by atoms with van der Waals surface area (Å²) in [6.45, 7) is 1.46. The first-order valence-corrected chi connectivity index (χ1v) is 7.16. The van der Waals surface area contributed by atoms with E-state index in [1.165, 1.54) is 0 Å². The normalized spacial score (nSPS) is 10.9. The van der Waals surface area contributed by atoms with Gasteiger partial charge >= 0.3 is 5.97 Å². The maximum Gasteiger partial charge on any atom is 0.335 e. The molecule has 2 aromatic carbocycles. The van der Waals surface area contributed by atoms with E-state index in [-0.39, 0.29) is 0 Å². The van der Waals surface area contributed by atoms with Crippen LogP contribution >= 0.6 is 23.2 Å². The Labute approximate surface area is 133 Å². The molecule has 0 saturated heterocycles. The Morgan fingerprint density at radius 3 is 2.14 bits per heavy atom. The van der Waals surface area contributed by atoms with Crippen LogP contribution < -0.4 is 0 Å². The van der Waals surface area contributed by atoms with Gasteiger partial charge in [-0.15, -0.1) is 0 Å². The van der Waals surface area contributed by atoms with Crippen LogP contribution in [0.3, 0.4) is 0 Å². The van der Waals surface area contributed by atoms with E-state index >= 15 is 0 Å². The quantitative estimate of drug-likeness (QED) is 0.890. The molecule has 2 aromatic rings. The van der Waals surface area contributed by atoms with Gasteiger partial charge in [0.05, 0.1) is 15.6 Å². The van der Waals surface area contributed by atoms with E-state index in [4.69, 9.17) is 28.3 Å². The zero-order valence-electron chi connectivity index (χ0n) is 11.5. The summed E-state index contributed by atoms with van der Waals surface area (Å²) in [7, 11) is 1.99. The number of benzene rings is 2. The average Bonchev–Trinajstić information content (AvgIpc) is 2.43. The summed E-state index contributed by atoms with van der Waals surface area (Å²) in [6.07, 6.45) is 0. The van der Waals surface area contributed by atoms with Crippen LogP contribution in [-0.4, -0.2) is 23.0 Å². The van der Waals surface area contributed by atoms with Crippen LogP contribution in [-0.2, 0) is 13.1 Å². The molecule has 0 aromatic heterocycles. The van der Waals surface area contributed by atoms with Gasteiger partial charge in [-0.1, -0.05) is 41.4 Å². The van der Waals surface area contributed by atoms with Crippen molar-refractivity contribution in [1.29, 1.82) is 0 Å². The molecule has 0 unspecified atom stereocenters. The van der Waals surface area contributed by atoms with Crippen molar-refractivity contribution in [3.8, 4) is 0 Å². The molecule has 0 fully saturated rings. The molecular formula is C16H15Cl2NO2. The number of carbonyl (C=O) groups is 1. The lowest BCUT2D eigenvalue weighted by Crippen LogP contribution is -2.17. The molecule has 0 saturated carbocycles. The highest BCUT2D eigenvalue weighted by Crippen LogP contribution is 2.23. The SMILES string of the molecule is CN(Cc1ccc(C(=O)O)cc1)Cc1ccc(Cl)c(Cl)c1. The fraction of sp³-hybridized carbons (Fsp3) is 0.188. The molecule has 0 spiro atoms. The van der Waals surface area contributed by atoms with Gasteiger partial charge in [0.1, 0.15) is 0 Å². The minimum Gasteiger partial charge on any atom is -0.478 e. The molecule has 3 nitrogen and oxygen atoms in total. The first-order valence-electron chi connectivity index (χ1n) is 6.40. The minimum absolute atomic E-state index is 0.297. The highest BCUT2D eigenvalue weighted by molar-refractivity contribution is 6.42. The molecule has 5 heteroatoms. The van der Waals surface area contributed by atoms with Crippen LogP contribution in [0.4, 0.5) is 0 Å². The van der Waals surface area contributed by atoms with Crippen molar-refractivity contribution in [3.05, 3.63) is 69.2 Å². The predicted octanol–water partition coefficient (Wildman–Crippen LogP) is 4.32. The third-order valence-corrected chi connectivity index (χ3v) is 3.83. The van der Waals surface area contributed by atoms with E-state index in [0.717, 1.165) is 24.2 Å². The number of hydrogen-bond acceptors (Lipinski definition) is 2. The maximum atomic E-state index is 10.8. The van der Waals surface area contributed by atoms with Gasteiger partial charge in [0.15, 0.2) is 0 Å². The first kappa shape index (κ1) is 15.8. The fourth-order valence-corrected chi connectivity index (χ4v) is 2.39. The number of halogens is 2. The third-order valence-electron chi connectivity index (χ3n) is 3.09. The zero-order chi connectivity index (χ0) is 15.4. The van der Waals surface area contributed by atoms with Crippen LogP contribution in [0.2, 0.25) is 10.0 Å². The van der Waals surface area contributed by atoms with Gasteiger partial charge < -0.3 is 5.11 Å². The number of carboxylic acids is 1. The van der Waals surface area contributed by atoms with E-state index < -0.39 is 5.97 Å². The number of hydrogen-bond donors (Lipinski definition) is 1. The summed E-state index contributed by atoms with van der Waals surface area (Å²) in [4.78, 5) is 12.9. The molecule has 0 radical (unpaired) electrons. The maximum absolute atomic E-state index is 10.8. The molecular weight excluding hydrogens is 309 g/mol. The Balaban J connectivity index is 1.99. The van der Waals surface area contributed by atoms with Crippen LogP contribution in [0, 0.1) is 0 Å². The Morgan fingerprint density at radius 2 is 1.57 bits per heavy atom. The zero-order valence-corrected chi connectivity index (χ0v) is 13.0. The second-order valence-corrected chi connectivity index (χ2v) is 5.74. The van der Waals surface area contributed by atoms with Crippen LogP contribution in [0.5, 0.6) is 0 Å². The number of aromatic carboxylic acids is 1. The summed E-state index contributed by atoms with van der Waals surface area (Å²) in [5.74, 6) is -0.911. The predicted molar refractivity (Wildman–Crippen MR) is 85.0 cm³/mol. The molecule has 0 amide bonds. The molecule has 21 heavy (non-hydrogen) atoms. The van der Waals surface area contributed by atoms with E-state index in [2.05, 4.69) is 4.90 Å². The van der Waals surface area contributed by atoms with Crippen molar-refractivity contribution in [3.63, 3.8) is 0 Å². The lowest BCUT2D eigenvalue weighted by Gasteiger charge is -2.17. The molecule has 0 aliphatic carbocycles. The molecule has 1 N–H and O–H groups in total. The Kier molecular flexibility index (Phi) is 5.23. The molecule has 0 aliphatic rings. The molecule has 110 valence electrons. The topological polar surface area (TPSA) is 40.5 Å². The summed E-state index contributed by atoms with van der Waals surface area (Å²) in [5, 5.41) is 9.97. The molecule has 0 atom stereocenters. The van der Waals surface area contributed by atoms with Gasteiger partial charge in [0, 0.05) is 13.1 Å². The second kappa shape index (κ2) is 6.94. The van der Waals surface area contributed by atoms with Crippen molar-refractivity contribution in [2.24, 2.45) is 0 Å². The van der Waals surface area contributed by atoms with Crippen LogP contribution in [0.15, 0.2) is 42.5 Å². The smallest absolute Gasteiger partial charge is 0.335 e. The number of nitrogens with zero attached hydrogens (tertiary/aromatic N) is 1. The summed E-state index contributed by atoms with van der Waals surface area (Å²) < 4.78 is 0. The van der Waals surface area contributed by atoms with Crippen LogP contribution in [0.25, 0.3) is 0 Å². The third kappa shape index (κ3) is 4.46. The van der Waals surface area contributed by atoms with Gasteiger partial charge in [-0.05, 0) is 42.4 Å². The van der Waals surface area contributed by atoms with Crippen molar-refractivity contribution in [2.45, 2.75) is 13.1 Å². The summed E-state index contributed by atoms with van der Waals surface area (Å²) in [5.41, 5.74) is 2.43. The van der Waals surface area contributed by atoms with Crippen molar-refractivity contribution < 1.29 is 9.90 Å². The number of carboxylic acid groups (broad SMARTS) is 1. The standard InChI is InChI=1S/C16H15Cl2NO2/c1-19(10-12-4-7-14(17)15(18)8-12)9-11-2-5-13(6-3-11)16(20)21/h2-8H,9-10H2,1H3,(H,20,21). The Bertz CT molecular complexity index is 641. The van der Waals surface area contributed by atoms with Gasteiger partial charge in [-0.25, -0.2) is 4.79 Å². The second-order valence-electron chi connectivity index (χ2n) is 4.92. The highest BCUT2D eigenvalue weighted by Gasteiger charge is 2.06. The highest BCUT2D eigenvalue weighted by atomic mass is 35.5. The molecule has 0 heterocycles. The first-order chi connectivity index (χ1) is 9.95. The molecule has 2 rings (SSSR count). The van der Waals surface area contributed by atoms with Gasteiger partial charge in [-0.3, -0.25) is 4.90 Å². The van der Waals surface area contributed by atoms with E-state index in [9.17, 15) is 4.79 Å². The van der Waals surface area contributed by atoms with E-state index in [0.29, 0.717) is 15.6 Å². The minimum atomic E-state index is -0.911. The van der Waals surface area contributed by atoms with Gasteiger partial charge in [0.2, 0.25) is 0 Å². The van der Waals surface area contributed by atoms with E-state index in [1.807, 2.05) is 31.3 Å². The van der Waals surface area contributed by atoms with E-state index in [1.54, 1.807) is 18.2 Å². The lowest BCUT2D eigenvalue weighted by atomic mass is 10.1. The number of rotatable bonds is 5. The average molecular weight is 324 g/mol. The lowest BCUT2D eigenvalue weighted by molar-refractivity contribution is 0.0697. The Morgan fingerprint density at radius 1 is 1.00 bits per heavy atom. The summed E-state index contributed by atoms with van der Waals surface area (Å²) in [6, 6.07) is 12.5. The largest absolute Gasteiger partial charge is 0.478 e. The van der Waals surface area contributed by atoms with Crippen molar-refractivity contribution in [1.82, 2.24) is 4.90 Å². The molecule has 0 bridgehead atoms. The molecule has 0 aliphatic heterocycles. The monoisotopic (exact) mass is 323 g/mol. The summed E-state index contributed by atoms with van der Waals surface area (Å²) >= 11 is 11.9. The van der Waals surface area contributed by atoms with Crippen molar-refractivity contribution in [2.75, 3.05) is 7.05 Å². The fourth-order valence-electron chi connectivity index (χ4n) is 2.07. The van der Waals surface area contributed by atoms with Gasteiger partial charge in [0.25, 0.3) is 0 Å². The van der Waals surface area contributed by atoms with Crippen LogP contribution in [0.1, 0.15) is 21.5 Å².